The molecule has 208 valence electrons. The van der Waals surface area contributed by atoms with Gasteiger partial charge in [-0.05, 0) is 77.4 Å². The molecule has 3 aromatic rings. The number of Topliss-reactive ketones (excluding diaryl/α,β-unsaturated/α-hetero) is 1. The third kappa shape index (κ3) is 7.99. The van der Waals surface area contributed by atoms with Crippen molar-refractivity contribution in [2.24, 2.45) is 0 Å². The predicted octanol–water partition coefficient (Wildman–Crippen LogP) is 3.79. The number of ether oxygens (including phenoxy) is 4. The van der Waals surface area contributed by atoms with Gasteiger partial charge in [0.25, 0.3) is 11.8 Å². The van der Waals surface area contributed by atoms with E-state index in [1.165, 1.54) is 30.3 Å². The van der Waals surface area contributed by atoms with Crippen molar-refractivity contribution in [3.8, 4) is 17.2 Å². The molecule has 4 rings (SSSR count). The number of rotatable bonds is 12. The first kappa shape index (κ1) is 28.5. The number of carbonyl (C=O) groups is 5. The van der Waals surface area contributed by atoms with E-state index in [-0.39, 0.29) is 18.1 Å². The van der Waals surface area contributed by atoms with Gasteiger partial charge in [0.1, 0.15) is 23.8 Å². The van der Waals surface area contributed by atoms with Gasteiger partial charge in [0.15, 0.2) is 12.4 Å². The van der Waals surface area contributed by atoms with E-state index in [0.29, 0.717) is 17.1 Å². The number of amides is 2. The van der Waals surface area contributed by atoms with E-state index >= 15 is 0 Å². The van der Waals surface area contributed by atoms with Gasteiger partial charge >= 0.3 is 11.9 Å². The molecule has 0 aliphatic carbocycles. The minimum Gasteiger partial charge on any atom is -0.485 e. The SMILES string of the molecule is C=C(C)C(=O)COc1ccc2cc(/C=C/C(=O)Oc3ccc(OCOC(=O)CN4C(=O)C=CC4=O)cc3)ccc2c1. The van der Waals surface area contributed by atoms with Crippen molar-refractivity contribution in [1.29, 1.82) is 0 Å². The number of benzene rings is 3. The second-order valence-corrected chi connectivity index (χ2v) is 8.86. The van der Waals surface area contributed by atoms with Crippen LogP contribution in [0.3, 0.4) is 0 Å². The molecule has 0 spiro atoms. The Kier molecular flexibility index (Phi) is 9.06. The maximum absolute atomic E-state index is 12.3. The van der Waals surface area contributed by atoms with Crippen LogP contribution in [-0.4, -0.2) is 54.4 Å². The van der Waals surface area contributed by atoms with Crippen LogP contribution in [0, 0.1) is 0 Å². The number of esters is 2. The largest absolute Gasteiger partial charge is 0.485 e. The third-order valence-corrected chi connectivity index (χ3v) is 5.77. The highest BCUT2D eigenvalue weighted by atomic mass is 16.7. The number of hydrogen-bond acceptors (Lipinski definition) is 9. The number of carbonyl (C=O) groups excluding carboxylic acids is 5. The Morgan fingerprint density at radius 3 is 2.17 bits per heavy atom. The van der Waals surface area contributed by atoms with Crippen molar-refractivity contribution in [2.75, 3.05) is 19.9 Å². The quantitative estimate of drug-likeness (QED) is 0.108. The normalized spacial score (nSPS) is 12.6. The van der Waals surface area contributed by atoms with E-state index in [0.717, 1.165) is 33.4 Å². The van der Waals surface area contributed by atoms with Gasteiger partial charge in [0.05, 0.1) is 0 Å². The zero-order valence-corrected chi connectivity index (χ0v) is 22.0. The molecule has 1 aliphatic heterocycles. The number of nitrogens with zero attached hydrogens (tertiary/aromatic N) is 1. The van der Waals surface area contributed by atoms with Crippen LogP contribution in [0.1, 0.15) is 12.5 Å². The molecule has 0 bridgehead atoms. The summed E-state index contributed by atoms with van der Waals surface area (Å²) >= 11 is 0. The lowest BCUT2D eigenvalue weighted by Crippen LogP contribution is -2.36. The Balaban J connectivity index is 1.23. The number of imide groups is 1. The minimum atomic E-state index is -0.801. The third-order valence-electron chi connectivity index (χ3n) is 5.77. The van der Waals surface area contributed by atoms with Gasteiger partial charge in [-0.3, -0.25) is 24.1 Å². The smallest absolute Gasteiger partial charge is 0.336 e. The molecule has 3 aromatic carbocycles. The highest BCUT2D eigenvalue weighted by Gasteiger charge is 2.26. The Labute approximate surface area is 235 Å². The van der Waals surface area contributed by atoms with Crippen LogP contribution in [0.4, 0.5) is 0 Å². The molecule has 0 atom stereocenters. The molecule has 41 heavy (non-hydrogen) atoms. The molecule has 0 N–H and O–H groups in total. The lowest BCUT2D eigenvalue weighted by molar-refractivity contribution is -0.156. The zero-order valence-electron chi connectivity index (χ0n) is 22.0. The van der Waals surface area contributed by atoms with E-state index in [9.17, 15) is 24.0 Å². The minimum absolute atomic E-state index is 0.0692. The van der Waals surface area contributed by atoms with E-state index < -0.39 is 37.1 Å². The fourth-order valence-electron chi connectivity index (χ4n) is 3.55. The maximum Gasteiger partial charge on any atom is 0.336 e. The fraction of sp³-hybridized carbons (Fsp3) is 0.129. The topological polar surface area (TPSA) is 126 Å². The first-order valence-corrected chi connectivity index (χ1v) is 12.4. The molecule has 0 aromatic heterocycles. The maximum atomic E-state index is 12.3. The Bertz CT molecular complexity index is 1570. The van der Waals surface area contributed by atoms with Crippen LogP contribution in [0.15, 0.2) is 91.0 Å². The Morgan fingerprint density at radius 1 is 0.829 bits per heavy atom. The average molecular weight is 556 g/mol. The van der Waals surface area contributed by atoms with E-state index in [1.807, 2.05) is 30.3 Å². The molecule has 1 aliphatic rings. The summed E-state index contributed by atoms with van der Waals surface area (Å²) in [5.74, 6) is -1.52. The standard InChI is InChI=1S/C31H25NO9/c1-20(2)27(33)18-38-26-7-6-22-15-21(3-5-23(22)16-26)4-14-30(36)41-25-10-8-24(9-11-25)39-19-40-31(37)17-32-28(34)12-13-29(32)35/h3-16H,1,17-19H2,2H3/b14-4+. The van der Waals surface area contributed by atoms with Gasteiger partial charge in [-0.25, -0.2) is 4.79 Å². The monoisotopic (exact) mass is 555 g/mol. The average Bonchev–Trinajstić information content (AvgIpc) is 3.27. The van der Waals surface area contributed by atoms with Crippen molar-refractivity contribution in [2.45, 2.75) is 6.92 Å². The van der Waals surface area contributed by atoms with Gasteiger partial charge in [-0.2, -0.15) is 0 Å². The van der Waals surface area contributed by atoms with Crippen LogP contribution < -0.4 is 14.2 Å². The zero-order chi connectivity index (χ0) is 29.4. The van der Waals surface area contributed by atoms with Gasteiger partial charge in [0.2, 0.25) is 6.79 Å². The first-order valence-electron chi connectivity index (χ1n) is 12.4. The van der Waals surface area contributed by atoms with Gasteiger partial charge in [0, 0.05) is 18.2 Å². The predicted molar refractivity (Wildman–Crippen MR) is 148 cm³/mol. The number of hydrogen-bond donors (Lipinski definition) is 0. The molecule has 0 saturated carbocycles. The van der Waals surface area contributed by atoms with Gasteiger partial charge in [-0.15, -0.1) is 0 Å². The van der Waals surface area contributed by atoms with E-state index in [2.05, 4.69) is 6.58 Å². The van der Waals surface area contributed by atoms with E-state index in [4.69, 9.17) is 18.9 Å². The summed E-state index contributed by atoms with van der Waals surface area (Å²) in [6, 6.07) is 17.1. The molecule has 0 radical (unpaired) electrons. The molecular formula is C31H25NO9. The molecule has 0 saturated heterocycles. The molecule has 0 fully saturated rings. The van der Waals surface area contributed by atoms with Crippen molar-refractivity contribution < 1.29 is 42.9 Å². The second-order valence-electron chi connectivity index (χ2n) is 8.86. The summed E-state index contributed by atoms with van der Waals surface area (Å²) in [7, 11) is 0. The number of fused-ring (bicyclic) bond motifs is 1. The summed E-state index contributed by atoms with van der Waals surface area (Å²) in [4.78, 5) is 59.5. The van der Waals surface area contributed by atoms with Crippen LogP contribution in [0.25, 0.3) is 16.8 Å². The van der Waals surface area contributed by atoms with Crippen LogP contribution in [0.5, 0.6) is 17.2 Å². The van der Waals surface area contributed by atoms with Crippen molar-refractivity contribution in [3.05, 3.63) is 96.6 Å². The molecule has 10 nitrogen and oxygen atoms in total. The summed E-state index contributed by atoms with van der Waals surface area (Å²) in [6.07, 6.45) is 5.08. The van der Waals surface area contributed by atoms with Crippen molar-refractivity contribution in [1.82, 2.24) is 4.90 Å². The molecule has 10 heteroatoms. The van der Waals surface area contributed by atoms with E-state index in [1.54, 1.807) is 19.1 Å². The first-order chi connectivity index (χ1) is 19.7. The van der Waals surface area contributed by atoms with Crippen LogP contribution in [0.2, 0.25) is 0 Å². The van der Waals surface area contributed by atoms with Crippen molar-refractivity contribution >= 4 is 46.4 Å². The van der Waals surface area contributed by atoms with Gasteiger partial charge < -0.3 is 18.9 Å². The van der Waals surface area contributed by atoms with Crippen LogP contribution >= 0.6 is 0 Å². The summed E-state index contributed by atoms with van der Waals surface area (Å²) in [6.45, 7) is 4.24. The lowest BCUT2D eigenvalue weighted by atomic mass is 10.1. The highest BCUT2D eigenvalue weighted by molar-refractivity contribution is 6.14. The lowest BCUT2D eigenvalue weighted by Gasteiger charge is -2.13. The molecular weight excluding hydrogens is 530 g/mol. The molecule has 0 unspecified atom stereocenters. The Hall–Kier alpha value is -5.51. The fourth-order valence-corrected chi connectivity index (χ4v) is 3.55. The van der Waals surface area contributed by atoms with Crippen LogP contribution in [-0.2, 0) is 28.7 Å². The second kappa shape index (κ2) is 13.0. The summed E-state index contributed by atoms with van der Waals surface area (Å²) in [5, 5.41) is 1.84. The van der Waals surface area contributed by atoms with Gasteiger partial charge in [-0.1, -0.05) is 24.8 Å². The summed E-state index contributed by atoms with van der Waals surface area (Å²) in [5.41, 5.74) is 1.23. The Morgan fingerprint density at radius 2 is 1.46 bits per heavy atom. The summed E-state index contributed by atoms with van der Waals surface area (Å²) < 4.78 is 21.0. The number of ketones is 1. The molecule has 2 amide bonds. The molecule has 1 heterocycles. The highest BCUT2D eigenvalue weighted by Crippen LogP contribution is 2.23. The van der Waals surface area contributed by atoms with Crippen molar-refractivity contribution in [3.63, 3.8) is 0 Å².